The minimum absolute atomic E-state index is 0.0851. The van der Waals surface area contributed by atoms with E-state index >= 15 is 0 Å². The normalized spacial score (nSPS) is 13.5. The predicted octanol–water partition coefficient (Wildman–Crippen LogP) is 1.45. The third-order valence-corrected chi connectivity index (χ3v) is 2.35. The van der Waals surface area contributed by atoms with E-state index in [2.05, 4.69) is 5.32 Å². The third-order valence-electron chi connectivity index (χ3n) is 2.35. The lowest BCUT2D eigenvalue weighted by Gasteiger charge is -2.15. The molecule has 4 heteroatoms. The van der Waals surface area contributed by atoms with Crippen LogP contribution in [0.15, 0.2) is 24.3 Å². The van der Waals surface area contributed by atoms with Crippen molar-refractivity contribution in [2.24, 2.45) is 0 Å². The van der Waals surface area contributed by atoms with Crippen LogP contribution in [0.25, 0.3) is 0 Å². The monoisotopic (exact) mass is 232 g/mol. The van der Waals surface area contributed by atoms with Gasteiger partial charge in [0, 0.05) is 11.6 Å². The van der Waals surface area contributed by atoms with E-state index < -0.39 is 6.10 Å². The van der Waals surface area contributed by atoms with Gasteiger partial charge in [-0.2, -0.15) is 5.26 Å². The van der Waals surface area contributed by atoms with E-state index in [9.17, 15) is 9.90 Å². The zero-order valence-electron chi connectivity index (χ0n) is 9.97. The van der Waals surface area contributed by atoms with Crippen LogP contribution < -0.4 is 5.32 Å². The van der Waals surface area contributed by atoms with Gasteiger partial charge < -0.3 is 10.4 Å². The van der Waals surface area contributed by atoms with E-state index in [-0.39, 0.29) is 11.9 Å². The van der Waals surface area contributed by atoms with Gasteiger partial charge >= 0.3 is 0 Å². The number of hydrogen-bond donors (Lipinski definition) is 2. The number of carbonyl (C=O) groups is 1. The van der Waals surface area contributed by atoms with Gasteiger partial charge in [0.15, 0.2) is 0 Å². The van der Waals surface area contributed by atoms with Gasteiger partial charge in [0.05, 0.1) is 17.7 Å². The van der Waals surface area contributed by atoms with Crippen LogP contribution >= 0.6 is 0 Å². The molecule has 0 aliphatic carbocycles. The molecule has 0 aliphatic heterocycles. The maximum Gasteiger partial charge on any atom is 0.251 e. The molecule has 0 spiro atoms. The van der Waals surface area contributed by atoms with Gasteiger partial charge in [0.1, 0.15) is 0 Å². The number of carbonyl (C=O) groups excluding carboxylic acids is 1. The minimum Gasteiger partial charge on any atom is -0.393 e. The van der Waals surface area contributed by atoms with E-state index in [1.54, 1.807) is 31.2 Å². The van der Waals surface area contributed by atoms with Crippen molar-refractivity contribution in [1.29, 1.82) is 5.26 Å². The Hall–Kier alpha value is -1.86. The maximum absolute atomic E-state index is 11.8. The van der Waals surface area contributed by atoms with E-state index in [1.807, 2.05) is 13.0 Å². The quantitative estimate of drug-likeness (QED) is 0.825. The number of nitrogens with one attached hydrogen (secondary N) is 1. The molecular formula is C13H16N2O2. The molecule has 0 fully saturated rings. The average Bonchev–Trinajstić information content (AvgIpc) is 2.28. The number of rotatable bonds is 4. The summed E-state index contributed by atoms with van der Waals surface area (Å²) in [6, 6.07) is 8.35. The molecule has 0 heterocycles. The highest BCUT2D eigenvalue weighted by atomic mass is 16.3. The molecule has 0 aromatic heterocycles. The molecule has 0 bridgehead atoms. The van der Waals surface area contributed by atoms with E-state index in [0.29, 0.717) is 17.5 Å². The molecule has 1 aromatic carbocycles. The van der Waals surface area contributed by atoms with Crippen molar-refractivity contribution < 1.29 is 9.90 Å². The van der Waals surface area contributed by atoms with Crippen LogP contribution in [0.4, 0.5) is 0 Å². The summed E-state index contributed by atoms with van der Waals surface area (Å²) in [5.41, 5.74) is 1.04. The lowest BCUT2D eigenvalue weighted by atomic mass is 10.1. The number of benzene rings is 1. The SMILES string of the molecule is CC(O)CC(C)NC(=O)c1ccc(C#N)cc1. The van der Waals surface area contributed by atoms with Gasteiger partial charge in [-0.3, -0.25) is 4.79 Å². The van der Waals surface area contributed by atoms with E-state index in [0.717, 1.165) is 0 Å². The largest absolute Gasteiger partial charge is 0.393 e. The summed E-state index contributed by atoms with van der Waals surface area (Å²) in [5, 5.41) is 20.6. The van der Waals surface area contributed by atoms with Gasteiger partial charge in [-0.25, -0.2) is 0 Å². The molecule has 1 rings (SSSR count). The van der Waals surface area contributed by atoms with Crippen LogP contribution in [0, 0.1) is 11.3 Å². The molecule has 0 radical (unpaired) electrons. The topological polar surface area (TPSA) is 73.1 Å². The lowest BCUT2D eigenvalue weighted by Crippen LogP contribution is -2.34. The fraction of sp³-hybridized carbons (Fsp3) is 0.385. The van der Waals surface area contributed by atoms with E-state index in [1.165, 1.54) is 0 Å². The summed E-state index contributed by atoms with van der Waals surface area (Å²) in [6.07, 6.45) is 0.0772. The molecular weight excluding hydrogens is 216 g/mol. The summed E-state index contributed by atoms with van der Waals surface area (Å²) in [5.74, 6) is -0.192. The van der Waals surface area contributed by atoms with Crippen molar-refractivity contribution in [3.05, 3.63) is 35.4 Å². The average molecular weight is 232 g/mol. The Labute approximate surface area is 101 Å². The third kappa shape index (κ3) is 4.25. The van der Waals surface area contributed by atoms with Crippen LogP contribution in [0.5, 0.6) is 0 Å². The fourth-order valence-corrected chi connectivity index (χ4v) is 1.57. The first-order valence-corrected chi connectivity index (χ1v) is 5.52. The molecule has 0 saturated carbocycles. The predicted molar refractivity (Wildman–Crippen MR) is 64.4 cm³/mol. The number of aliphatic hydroxyl groups is 1. The Balaban J connectivity index is 2.61. The standard InChI is InChI=1S/C13H16N2O2/c1-9(7-10(2)16)15-13(17)12-5-3-11(8-14)4-6-12/h3-6,9-10,16H,7H2,1-2H3,(H,15,17). The zero-order valence-corrected chi connectivity index (χ0v) is 9.97. The summed E-state index contributed by atoms with van der Waals surface area (Å²) in [4.78, 5) is 11.8. The Morgan fingerprint density at radius 1 is 1.41 bits per heavy atom. The molecule has 2 unspecified atom stereocenters. The number of amides is 1. The Morgan fingerprint density at radius 2 is 2.00 bits per heavy atom. The van der Waals surface area contributed by atoms with Crippen molar-refractivity contribution in [3.63, 3.8) is 0 Å². The lowest BCUT2D eigenvalue weighted by molar-refractivity contribution is 0.0923. The number of nitriles is 1. The first kappa shape index (κ1) is 13.2. The zero-order chi connectivity index (χ0) is 12.8. The second-order valence-corrected chi connectivity index (χ2v) is 4.15. The number of nitrogens with zero attached hydrogens (tertiary/aromatic N) is 1. The van der Waals surface area contributed by atoms with Crippen LogP contribution in [0.1, 0.15) is 36.2 Å². The fourth-order valence-electron chi connectivity index (χ4n) is 1.57. The number of aliphatic hydroxyl groups excluding tert-OH is 1. The highest BCUT2D eigenvalue weighted by Gasteiger charge is 2.11. The smallest absolute Gasteiger partial charge is 0.251 e. The number of hydrogen-bond acceptors (Lipinski definition) is 3. The van der Waals surface area contributed by atoms with Gasteiger partial charge in [-0.15, -0.1) is 0 Å². The molecule has 2 atom stereocenters. The summed E-state index contributed by atoms with van der Waals surface area (Å²) in [6.45, 7) is 3.53. The highest BCUT2D eigenvalue weighted by Crippen LogP contribution is 2.04. The van der Waals surface area contributed by atoms with Crippen molar-refractivity contribution in [2.75, 3.05) is 0 Å². The van der Waals surface area contributed by atoms with Gasteiger partial charge in [0.2, 0.25) is 0 Å². The first-order chi connectivity index (χ1) is 8.02. The van der Waals surface area contributed by atoms with Gasteiger partial charge in [0.25, 0.3) is 5.91 Å². The van der Waals surface area contributed by atoms with Crippen LogP contribution in [-0.4, -0.2) is 23.2 Å². The highest BCUT2D eigenvalue weighted by molar-refractivity contribution is 5.94. The Kier molecular flexibility index (Phi) is 4.68. The molecule has 17 heavy (non-hydrogen) atoms. The Morgan fingerprint density at radius 3 is 2.47 bits per heavy atom. The van der Waals surface area contributed by atoms with E-state index in [4.69, 9.17) is 5.26 Å². The van der Waals surface area contributed by atoms with Crippen LogP contribution in [0.3, 0.4) is 0 Å². The van der Waals surface area contributed by atoms with Crippen LogP contribution in [0.2, 0.25) is 0 Å². The summed E-state index contributed by atoms with van der Waals surface area (Å²) < 4.78 is 0. The molecule has 1 aromatic rings. The van der Waals surface area contributed by atoms with Crippen LogP contribution in [-0.2, 0) is 0 Å². The first-order valence-electron chi connectivity index (χ1n) is 5.52. The summed E-state index contributed by atoms with van der Waals surface area (Å²) in [7, 11) is 0. The second kappa shape index (κ2) is 6.02. The van der Waals surface area contributed by atoms with Gasteiger partial charge in [-0.1, -0.05) is 0 Å². The molecule has 0 aliphatic rings. The second-order valence-electron chi connectivity index (χ2n) is 4.15. The molecule has 4 nitrogen and oxygen atoms in total. The minimum atomic E-state index is -0.439. The van der Waals surface area contributed by atoms with Gasteiger partial charge in [-0.05, 0) is 44.5 Å². The van der Waals surface area contributed by atoms with Crippen molar-refractivity contribution in [3.8, 4) is 6.07 Å². The maximum atomic E-state index is 11.8. The van der Waals surface area contributed by atoms with Crippen molar-refractivity contribution in [1.82, 2.24) is 5.32 Å². The molecule has 2 N–H and O–H groups in total. The Bertz CT molecular complexity index is 418. The molecule has 1 amide bonds. The molecule has 90 valence electrons. The van der Waals surface area contributed by atoms with Crippen molar-refractivity contribution in [2.45, 2.75) is 32.4 Å². The molecule has 0 saturated heterocycles. The summed E-state index contributed by atoms with van der Waals surface area (Å²) >= 11 is 0. The van der Waals surface area contributed by atoms with Crippen molar-refractivity contribution >= 4 is 5.91 Å².